The zero-order valence-electron chi connectivity index (χ0n) is 8.77. The van der Waals surface area contributed by atoms with Gasteiger partial charge in [0.25, 0.3) is 0 Å². The van der Waals surface area contributed by atoms with Crippen LogP contribution in [0, 0.1) is 5.92 Å². The second kappa shape index (κ2) is 4.31. The Hall–Kier alpha value is -0.900. The number of carboxylic acid groups (broad SMARTS) is 1. The third kappa shape index (κ3) is 2.37. The second-order valence-electron chi connectivity index (χ2n) is 4.33. The molecule has 1 N–H and O–H groups in total. The van der Waals surface area contributed by atoms with Gasteiger partial charge < -0.3 is 5.11 Å². The number of carboxylic acids is 1. The van der Waals surface area contributed by atoms with Crippen molar-refractivity contribution in [2.75, 3.05) is 0 Å². The van der Waals surface area contributed by atoms with Crippen LogP contribution in [0.15, 0.2) is 5.38 Å². The van der Waals surface area contributed by atoms with Crippen LogP contribution in [-0.2, 0) is 0 Å². The van der Waals surface area contributed by atoms with Gasteiger partial charge in [-0.05, 0) is 18.8 Å². The number of thiazole rings is 1. The Kier molecular flexibility index (Phi) is 3.05. The molecule has 0 saturated heterocycles. The van der Waals surface area contributed by atoms with Gasteiger partial charge in [0, 0.05) is 11.3 Å². The first-order valence-electron chi connectivity index (χ1n) is 5.35. The highest BCUT2D eigenvalue weighted by Crippen LogP contribution is 2.36. The molecular formula is C11H15NO2S. The molecule has 1 saturated carbocycles. The molecule has 4 heteroatoms. The SMILES string of the molecule is CC1CCC(c2nc(C(=O)O)cs2)CC1. The summed E-state index contributed by atoms with van der Waals surface area (Å²) in [6.07, 6.45) is 4.81. The predicted molar refractivity (Wildman–Crippen MR) is 59.4 cm³/mol. The molecule has 1 fully saturated rings. The van der Waals surface area contributed by atoms with Crippen molar-refractivity contribution in [2.45, 2.75) is 38.5 Å². The van der Waals surface area contributed by atoms with Gasteiger partial charge in [0.15, 0.2) is 5.69 Å². The molecule has 1 aromatic rings. The topological polar surface area (TPSA) is 50.2 Å². The maximum atomic E-state index is 10.7. The fraction of sp³-hybridized carbons (Fsp3) is 0.636. The molecule has 1 aliphatic carbocycles. The number of nitrogens with zero attached hydrogens (tertiary/aromatic N) is 1. The van der Waals surface area contributed by atoms with Crippen molar-refractivity contribution in [3.63, 3.8) is 0 Å². The largest absolute Gasteiger partial charge is 0.476 e. The second-order valence-corrected chi connectivity index (χ2v) is 5.22. The van der Waals surface area contributed by atoms with E-state index in [0.29, 0.717) is 5.92 Å². The van der Waals surface area contributed by atoms with Gasteiger partial charge in [0.2, 0.25) is 0 Å². The molecule has 0 amide bonds. The summed E-state index contributed by atoms with van der Waals surface area (Å²) in [5.74, 6) is 0.404. The maximum Gasteiger partial charge on any atom is 0.355 e. The minimum atomic E-state index is -0.915. The molecule has 0 atom stereocenters. The van der Waals surface area contributed by atoms with Gasteiger partial charge in [-0.1, -0.05) is 19.8 Å². The number of rotatable bonds is 2. The van der Waals surface area contributed by atoms with E-state index in [-0.39, 0.29) is 5.69 Å². The van der Waals surface area contributed by atoms with Crippen LogP contribution in [-0.4, -0.2) is 16.1 Å². The smallest absolute Gasteiger partial charge is 0.355 e. The van der Waals surface area contributed by atoms with Gasteiger partial charge in [-0.2, -0.15) is 0 Å². The van der Waals surface area contributed by atoms with E-state index in [2.05, 4.69) is 11.9 Å². The van der Waals surface area contributed by atoms with Gasteiger partial charge >= 0.3 is 5.97 Å². The number of hydrogen-bond donors (Lipinski definition) is 1. The quantitative estimate of drug-likeness (QED) is 0.841. The number of carbonyl (C=O) groups is 1. The standard InChI is InChI=1S/C11H15NO2S/c1-7-2-4-8(5-3-7)10-12-9(6-15-10)11(13)14/h6-8H,2-5H2,1H3,(H,13,14). The molecule has 1 aromatic heterocycles. The van der Waals surface area contributed by atoms with Crippen LogP contribution in [0.2, 0.25) is 0 Å². The lowest BCUT2D eigenvalue weighted by Gasteiger charge is -2.24. The van der Waals surface area contributed by atoms with Crippen molar-refractivity contribution < 1.29 is 9.90 Å². The molecule has 15 heavy (non-hydrogen) atoms. The Bertz CT molecular complexity index is 353. The molecule has 0 aromatic carbocycles. The van der Waals surface area contributed by atoms with Crippen molar-refractivity contribution >= 4 is 17.3 Å². The molecule has 1 aliphatic rings. The highest BCUT2D eigenvalue weighted by molar-refractivity contribution is 7.09. The van der Waals surface area contributed by atoms with E-state index in [1.807, 2.05) is 0 Å². The normalized spacial score (nSPS) is 26.5. The van der Waals surface area contributed by atoms with Crippen LogP contribution in [0.1, 0.15) is 54.0 Å². The highest BCUT2D eigenvalue weighted by Gasteiger charge is 2.22. The van der Waals surface area contributed by atoms with Crippen LogP contribution in [0.3, 0.4) is 0 Å². The van der Waals surface area contributed by atoms with E-state index < -0.39 is 5.97 Å². The van der Waals surface area contributed by atoms with Gasteiger partial charge in [-0.3, -0.25) is 0 Å². The molecule has 0 bridgehead atoms. The molecule has 2 rings (SSSR count). The van der Waals surface area contributed by atoms with Gasteiger partial charge in [0.05, 0.1) is 5.01 Å². The average Bonchev–Trinajstić information content (AvgIpc) is 2.68. The first-order valence-corrected chi connectivity index (χ1v) is 6.23. The third-order valence-electron chi connectivity index (χ3n) is 3.11. The summed E-state index contributed by atoms with van der Waals surface area (Å²) in [4.78, 5) is 14.9. The van der Waals surface area contributed by atoms with Crippen molar-refractivity contribution in [2.24, 2.45) is 5.92 Å². The zero-order valence-corrected chi connectivity index (χ0v) is 9.59. The molecule has 1 heterocycles. The van der Waals surface area contributed by atoms with Crippen LogP contribution >= 0.6 is 11.3 Å². The number of aromatic nitrogens is 1. The summed E-state index contributed by atoms with van der Waals surface area (Å²) in [7, 11) is 0. The summed E-state index contributed by atoms with van der Waals surface area (Å²) >= 11 is 1.49. The fourth-order valence-corrected chi connectivity index (χ4v) is 3.05. The predicted octanol–water partition coefficient (Wildman–Crippen LogP) is 3.14. The highest BCUT2D eigenvalue weighted by atomic mass is 32.1. The lowest BCUT2D eigenvalue weighted by Crippen LogP contribution is -2.11. The monoisotopic (exact) mass is 225 g/mol. The van der Waals surface area contributed by atoms with E-state index in [9.17, 15) is 4.79 Å². The van der Waals surface area contributed by atoms with Crippen LogP contribution in [0.4, 0.5) is 0 Å². The first-order chi connectivity index (χ1) is 7.16. The zero-order chi connectivity index (χ0) is 10.8. The van der Waals surface area contributed by atoms with Crippen molar-refractivity contribution in [3.8, 4) is 0 Å². The van der Waals surface area contributed by atoms with E-state index >= 15 is 0 Å². The Morgan fingerprint density at radius 3 is 2.67 bits per heavy atom. The van der Waals surface area contributed by atoms with Crippen molar-refractivity contribution in [1.82, 2.24) is 4.98 Å². The van der Waals surface area contributed by atoms with Crippen LogP contribution in [0.5, 0.6) is 0 Å². The Morgan fingerprint density at radius 2 is 2.13 bits per heavy atom. The molecule has 0 aliphatic heterocycles. The molecule has 82 valence electrons. The summed E-state index contributed by atoms with van der Waals surface area (Å²) in [5.41, 5.74) is 0.202. The van der Waals surface area contributed by atoms with E-state index in [4.69, 9.17) is 5.11 Å². The summed E-state index contributed by atoms with van der Waals surface area (Å²) in [6, 6.07) is 0. The maximum absolute atomic E-state index is 10.7. The first kappa shape index (κ1) is 10.6. The molecule has 0 radical (unpaired) electrons. The van der Waals surface area contributed by atoms with Gasteiger partial charge in [0.1, 0.15) is 0 Å². The lowest BCUT2D eigenvalue weighted by molar-refractivity contribution is 0.0691. The molecule has 0 unspecified atom stereocenters. The van der Waals surface area contributed by atoms with Crippen LogP contribution < -0.4 is 0 Å². The van der Waals surface area contributed by atoms with Crippen molar-refractivity contribution in [3.05, 3.63) is 16.1 Å². The summed E-state index contributed by atoms with van der Waals surface area (Å²) in [5, 5.41) is 11.4. The third-order valence-corrected chi connectivity index (χ3v) is 4.11. The minimum absolute atomic E-state index is 0.202. The summed E-state index contributed by atoms with van der Waals surface area (Å²) in [6.45, 7) is 2.28. The van der Waals surface area contributed by atoms with Gasteiger partial charge in [-0.25, -0.2) is 9.78 Å². The number of hydrogen-bond acceptors (Lipinski definition) is 3. The molecular weight excluding hydrogens is 210 g/mol. The number of aromatic carboxylic acids is 1. The Balaban J connectivity index is 2.06. The van der Waals surface area contributed by atoms with Crippen LogP contribution in [0.25, 0.3) is 0 Å². The Morgan fingerprint density at radius 1 is 1.47 bits per heavy atom. The van der Waals surface area contributed by atoms with E-state index in [1.165, 1.54) is 24.2 Å². The van der Waals surface area contributed by atoms with E-state index in [1.54, 1.807) is 5.38 Å². The fourth-order valence-electron chi connectivity index (χ4n) is 2.08. The molecule has 3 nitrogen and oxygen atoms in total. The Labute approximate surface area is 93.2 Å². The van der Waals surface area contributed by atoms with Crippen molar-refractivity contribution in [1.29, 1.82) is 0 Å². The van der Waals surface area contributed by atoms with E-state index in [0.717, 1.165) is 23.8 Å². The van der Waals surface area contributed by atoms with Gasteiger partial charge in [-0.15, -0.1) is 11.3 Å². The summed E-state index contributed by atoms with van der Waals surface area (Å²) < 4.78 is 0. The lowest BCUT2D eigenvalue weighted by atomic mass is 9.83. The molecule has 0 spiro atoms. The minimum Gasteiger partial charge on any atom is -0.476 e. The average molecular weight is 225 g/mol.